The van der Waals surface area contributed by atoms with E-state index >= 15 is 0 Å². The molecule has 9 heteroatoms. The van der Waals surface area contributed by atoms with Crippen molar-refractivity contribution < 1.29 is 9.21 Å². The van der Waals surface area contributed by atoms with Crippen molar-refractivity contribution in [2.45, 2.75) is 31.0 Å². The highest BCUT2D eigenvalue weighted by Crippen LogP contribution is 2.30. The van der Waals surface area contributed by atoms with Gasteiger partial charge in [-0.15, -0.1) is 10.2 Å². The van der Waals surface area contributed by atoms with Crippen LogP contribution in [0.3, 0.4) is 0 Å². The summed E-state index contributed by atoms with van der Waals surface area (Å²) in [6.07, 6.45) is 6.71. The average molecular weight is 497 g/mol. The third-order valence-electron chi connectivity index (χ3n) is 6.19. The molecule has 1 amide bonds. The number of aromatic nitrogens is 5. The topological polar surface area (TPSA) is 90.8 Å². The van der Waals surface area contributed by atoms with E-state index in [1.165, 1.54) is 29.3 Å². The van der Waals surface area contributed by atoms with Crippen LogP contribution in [0.2, 0.25) is 0 Å². The Morgan fingerprint density at radius 1 is 1.03 bits per heavy atom. The fourth-order valence-electron chi connectivity index (χ4n) is 4.45. The zero-order valence-corrected chi connectivity index (χ0v) is 20.3. The number of carbonyl (C=O) groups excluding carboxylic acids is 1. The number of thioether (sulfide) groups is 1. The van der Waals surface area contributed by atoms with Crippen LogP contribution in [0.15, 0.2) is 88.9 Å². The second-order valence-corrected chi connectivity index (χ2v) is 9.60. The fraction of sp³-hybridized carbons (Fsp3) is 0.185. The van der Waals surface area contributed by atoms with Crippen molar-refractivity contribution in [2.75, 3.05) is 11.1 Å². The highest BCUT2D eigenvalue weighted by atomic mass is 32.2. The molecule has 0 unspecified atom stereocenters. The molecule has 180 valence electrons. The molecule has 2 aromatic carbocycles. The fourth-order valence-corrected chi connectivity index (χ4v) is 5.17. The molecular weight excluding hydrogens is 472 g/mol. The molecule has 0 saturated carbocycles. The van der Waals surface area contributed by atoms with Gasteiger partial charge in [0, 0.05) is 11.6 Å². The highest BCUT2D eigenvalue weighted by Gasteiger charge is 2.17. The lowest BCUT2D eigenvalue weighted by Crippen LogP contribution is -2.17. The largest absolute Gasteiger partial charge is 0.467 e. The quantitative estimate of drug-likeness (QED) is 0.304. The Morgan fingerprint density at radius 3 is 2.78 bits per heavy atom. The standard InChI is InChI=1S/C27H24N6O2S/c34-26(17-36-27-30-28-18-32(27)16-23-10-5-13-35-23)29-25-15-24(31-33(25)22-8-2-1-3-9-22)21-12-11-19-6-4-7-20(19)14-21/h1-3,5,8-15,18H,4,6-7,16-17H2,(H,29,34). The Bertz CT molecular complexity index is 1490. The number of benzene rings is 2. The number of fused-ring (bicyclic) bond motifs is 1. The van der Waals surface area contributed by atoms with Gasteiger partial charge >= 0.3 is 0 Å². The summed E-state index contributed by atoms with van der Waals surface area (Å²) in [6.45, 7) is 0.509. The molecule has 5 aromatic rings. The van der Waals surface area contributed by atoms with E-state index in [1.807, 2.05) is 53.1 Å². The molecule has 0 bridgehead atoms. The normalized spacial score (nSPS) is 12.6. The molecule has 0 spiro atoms. The number of aryl methyl sites for hydroxylation is 2. The van der Waals surface area contributed by atoms with Crippen molar-refractivity contribution in [1.29, 1.82) is 0 Å². The number of rotatable bonds is 8. The van der Waals surface area contributed by atoms with Crippen molar-refractivity contribution in [3.63, 3.8) is 0 Å². The number of furan rings is 1. The van der Waals surface area contributed by atoms with Crippen molar-refractivity contribution in [1.82, 2.24) is 24.5 Å². The smallest absolute Gasteiger partial charge is 0.236 e. The maximum absolute atomic E-state index is 13.0. The van der Waals surface area contributed by atoms with Crippen LogP contribution in [-0.2, 0) is 24.2 Å². The number of amides is 1. The van der Waals surface area contributed by atoms with Gasteiger partial charge in [0.25, 0.3) is 0 Å². The second kappa shape index (κ2) is 9.87. The van der Waals surface area contributed by atoms with Crippen molar-refractivity contribution in [3.8, 4) is 16.9 Å². The zero-order valence-electron chi connectivity index (χ0n) is 19.5. The van der Waals surface area contributed by atoms with Crippen LogP contribution in [-0.4, -0.2) is 36.2 Å². The molecular formula is C27H24N6O2S. The van der Waals surface area contributed by atoms with Gasteiger partial charge < -0.3 is 14.3 Å². The van der Waals surface area contributed by atoms with Crippen molar-refractivity contribution in [3.05, 3.63) is 96.2 Å². The molecule has 0 radical (unpaired) electrons. The van der Waals surface area contributed by atoms with Gasteiger partial charge in [-0.05, 0) is 60.7 Å². The van der Waals surface area contributed by atoms with Crippen molar-refractivity contribution in [2.24, 2.45) is 0 Å². The lowest BCUT2D eigenvalue weighted by atomic mass is 10.0. The van der Waals surface area contributed by atoms with E-state index in [-0.39, 0.29) is 11.7 Å². The number of nitrogens with zero attached hydrogens (tertiary/aromatic N) is 5. The monoisotopic (exact) mass is 496 g/mol. The lowest BCUT2D eigenvalue weighted by molar-refractivity contribution is -0.113. The molecule has 0 atom stereocenters. The third kappa shape index (κ3) is 4.70. The molecule has 0 saturated heterocycles. The number of hydrogen-bond donors (Lipinski definition) is 1. The number of hydrogen-bond acceptors (Lipinski definition) is 6. The molecule has 6 rings (SSSR count). The maximum atomic E-state index is 13.0. The van der Waals surface area contributed by atoms with Gasteiger partial charge in [0.05, 0.1) is 29.9 Å². The molecule has 1 N–H and O–H groups in total. The van der Waals surface area contributed by atoms with Gasteiger partial charge in [-0.25, -0.2) is 4.68 Å². The van der Waals surface area contributed by atoms with Crippen LogP contribution in [0.5, 0.6) is 0 Å². The highest BCUT2D eigenvalue weighted by molar-refractivity contribution is 7.99. The van der Waals surface area contributed by atoms with E-state index in [1.54, 1.807) is 17.3 Å². The molecule has 0 fully saturated rings. The second-order valence-electron chi connectivity index (χ2n) is 8.66. The first-order valence-electron chi connectivity index (χ1n) is 11.8. The number of para-hydroxylation sites is 1. The maximum Gasteiger partial charge on any atom is 0.236 e. The van der Waals surface area contributed by atoms with Crippen LogP contribution in [0.25, 0.3) is 16.9 Å². The lowest BCUT2D eigenvalue weighted by Gasteiger charge is -2.09. The van der Waals surface area contributed by atoms with E-state index in [0.29, 0.717) is 17.5 Å². The molecule has 0 aliphatic heterocycles. The predicted molar refractivity (Wildman–Crippen MR) is 138 cm³/mol. The summed E-state index contributed by atoms with van der Waals surface area (Å²) in [5, 5.41) is 16.7. The Morgan fingerprint density at radius 2 is 1.92 bits per heavy atom. The van der Waals surface area contributed by atoms with Crippen LogP contribution in [0.4, 0.5) is 5.82 Å². The van der Waals surface area contributed by atoms with Crippen LogP contribution < -0.4 is 5.32 Å². The van der Waals surface area contributed by atoms with Crippen LogP contribution >= 0.6 is 11.8 Å². The average Bonchev–Trinajstić information content (AvgIpc) is 3.71. The minimum Gasteiger partial charge on any atom is -0.467 e. The molecule has 3 aromatic heterocycles. The van der Waals surface area contributed by atoms with Gasteiger partial charge in [0.1, 0.15) is 17.9 Å². The summed E-state index contributed by atoms with van der Waals surface area (Å²) in [4.78, 5) is 13.0. The SMILES string of the molecule is O=C(CSc1nncn1Cc1ccco1)Nc1cc(-c2ccc3c(c2)CCC3)nn1-c1ccccc1. The number of nitrogens with one attached hydrogen (secondary N) is 1. The van der Waals surface area contributed by atoms with E-state index < -0.39 is 0 Å². The van der Waals surface area contributed by atoms with Crippen molar-refractivity contribution >= 4 is 23.5 Å². The first-order chi connectivity index (χ1) is 17.7. The molecule has 3 heterocycles. The van der Waals surface area contributed by atoms with E-state index in [2.05, 4.69) is 33.7 Å². The van der Waals surface area contributed by atoms with Crippen LogP contribution in [0, 0.1) is 0 Å². The zero-order chi connectivity index (χ0) is 24.3. The molecule has 8 nitrogen and oxygen atoms in total. The summed E-state index contributed by atoms with van der Waals surface area (Å²) >= 11 is 1.33. The van der Waals surface area contributed by atoms with Gasteiger partial charge in [-0.3, -0.25) is 4.79 Å². The minimum atomic E-state index is -0.148. The minimum absolute atomic E-state index is 0.148. The summed E-state index contributed by atoms with van der Waals surface area (Å²) in [7, 11) is 0. The van der Waals surface area contributed by atoms with Gasteiger partial charge in [-0.1, -0.05) is 42.1 Å². The van der Waals surface area contributed by atoms with Gasteiger partial charge in [0.15, 0.2) is 5.16 Å². The Hall–Kier alpha value is -4.11. The van der Waals surface area contributed by atoms with E-state index in [4.69, 9.17) is 9.52 Å². The Kier molecular flexibility index (Phi) is 6.13. The first kappa shape index (κ1) is 22.4. The summed E-state index contributed by atoms with van der Waals surface area (Å²) in [5.41, 5.74) is 5.58. The number of carbonyl (C=O) groups is 1. The van der Waals surface area contributed by atoms with E-state index in [9.17, 15) is 4.79 Å². The third-order valence-corrected chi connectivity index (χ3v) is 7.17. The summed E-state index contributed by atoms with van der Waals surface area (Å²) in [6, 6.07) is 22.0. The number of anilines is 1. The molecule has 1 aliphatic carbocycles. The summed E-state index contributed by atoms with van der Waals surface area (Å²) in [5.74, 6) is 1.46. The Labute approximate surface area is 212 Å². The predicted octanol–water partition coefficient (Wildman–Crippen LogP) is 4.99. The first-order valence-corrected chi connectivity index (χ1v) is 12.8. The van der Waals surface area contributed by atoms with Gasteiger partial charge in [-0.2, -0.15) is 5.10 Å². The van der Waals surface area contributed by atoms with Gasteiger partial charge in [0.2, 0.25) is 5.91 Å². The summed E-state index contributed by atoms with van der Waals surface area (Å²) < 4.78 is 9.05. The molecule has 1 aliphatic rings. The van der Waals surface area contributed by atoms with E-state index in [0.717, 1.165) is 35.5 Å². The Balaban J connectivity index is 1.21. The molecule has 36 heavy (non-hydrogen) atoms. The van der Waals surface area contributed by atoms with Crippen LogP contribution in [0.1, 0.15) is 23.3 Å².